The number of amides is 1. The average molecular weight is 247 g/mol. The quantitative estimate of drug-likeness (QED) is 0.796. The molecule has 94 valence electrons. The van der Waals surface area contributed by atoms with Crippen LogP contribution in [0.3, 0.4) is 0 Å². The van der Waals surface area contributed by atoms with Gasteiger partial charge in [0.05, 0.1) is 11.3 Å². The maximum Gasteiger partial charge on any atom is 0.335 e. The summed E-state index contributed by atoms with van der Waals surface area (Å²) in [4.78, 5) is 24.1. The monoisotopic (exact) mass is 247 g/mol. The van der Waals surface area contributed by atoms with Gasteiger partial charge in [-0.15, -0.1) is 6.58 Å². The third-order valence-corrected chi connectivity index (χ3v) is 3.00. The lowest BCUT2D eigenvalue weighted by atomic mass is 10.1. The maximum atomic E-state index is 11.8. The Bertz CT molecular complexity index is 524. The molecule has 0 saturated carbocycles. The summed E-state index contributed by atoms with van der Waals surface area (Å²) in [5.41, 5.74) is 0.280. The molecule has 0 aliphatic carbocycles. The molecule has 1 unspecified atom stereocenters. The molecule has 18 heavy (non-hydrogen) atoms. The highest BCUT2D eigenvalue weighted by Crippen LogP contribution is 2.33. The van der Waals surface area contributed by atoms with Crippen molar-refractivity contribution in [3.8, 4) is 5.75 Å². The van der Waals surface area contributed by atoms with Crippen LogP contribution < -0.4 is 4.90 Å². The molecular formula is C13H13NO4. The zero-order valence-corrected chi connectivity index (χ0v) is 9.67. The zero-order chi connectivity index (χ0) is 13.3. The SMILES string of the molecule is C=CC1CC(=O)N(c2cc(C(=O)O)ccc2O)C1. The van der Waals surface area contributed by atoms with E-state index in [1.165, 1.54) is 23.1 Å². The Morgan fingerprint density at radius 2 is 2.22 bits per heavy atom. The van der Waals surface area contributed by atoms with Crippen molar-refractivity contribution in [2.75, 3.05) is 11.4 Å². The van der Waals surface area contributed by atoms with Crippen LogP contribution in [-0.4, -0.2) is 28.6 Å². The third kappa shape index (κ3) is 2.07. The zero-order valence-electron chi connectivity index (χ0n) is 9.67. The number of hydrogen-bond acceptors (Lipinski definition) is 3. The van der Waals surface area contributed by atoms with Crippen LogP contribution in [0.25, 0.3) is 0 Å². The molecule has 0 radical (unpaired) electrons. The van der Waals surface area contributed by atoms with Crippen molar-refractivity contribution in [1.29, 1.82) is 0 Å². The highest BCUT2D eigenvalue weighted by molar-refractivity contribution is 5.99. The third-order valence-electron chi connectivity index (χ3n) is 3.00. The Morgan fingerprint density at radius 1 is 1.50 bits per heavy atom. The van der Waals surface area contributed by atoms with Crippen LogP contribution in [0.2, 0.25) is 0 Å². The van der Waals surface area contributed by atoms with Gasteiger partial charge in [-0.2, -0.15) is 0 Å². The van der Waals surface area contributed by atoms with Crippen LogP contribution in [0, 0.1) is 5.92 Å². The minimum Gasteiger partial charge on any atom is -0.506 e. The summed E-state index contributed by atoms with van der Waals surface area (Å²) < 4.78 is 0. The van der Waals surface area contributed by atoms with Crippen LogP contribution in [0.15, 0.2) is 30.9 Å². The Morgan fingerprint density at radius 3 is 2.78 bits per heavy atom. The van der Waals surface area contributed by atoms with E-state index >= 15 is 0 Å². The number of carboxylic acids is 1. The van der Waals surface area contributed by atoms with E-state index in [0.717, 1.165) is 0 Å². The number of aromatic hydroxyl groups is 1. The van der Waals surface area contributed by atoms with Crippen LogP contribution in [0.1, 0.15) is 16.8 Å². The van der Waals surface area contributed by atoms with E-state index in [9.17, 15) is 14.7 Å². The van der Waals surface area contributed by atoms with Crippen LogP contribution >= 0.6 is 0 Å². The molecule has 0 bridgehead atoms. The molecule has 1 aromatic rings. The molecule has 1 fully saturated rings. The van der Waals surface area contributed by atoms with Gasteiger partial charge in [0.25, 0.3) is 0 Å². The maximum absolute atomic E-state index is 11.8. The molecule has 0 aromatic heterocycles. The van der Waals surface area contributed by atoms with Crippen molar-refractivity contribution in [2.45, 2.75) is 6.42 Å². The summed E-state index contributed by atoms with van der Waals surface area (Å²) in [6, 6.07) is 3.89. The Hall–Kier alpha value is -2.30. The summed E-state index contributed by atoms with van der Waals surface area (Å²) in [5.74, 6) is -1.30. The van der Waals surface area contributed by atoms with E-state index in [1.54, 1.807) is 6.08 Å². The highest BCUT2D eigenvalue weighted by atomic mass is 16.4. The highest BCUT2D eigenvalue weighted by Gasteiger charge is 2.30. The topological polar surface area (TPSA) is 77.8 Å². The number of phenolic OH excluding ortho intramolecular Hbond substituents is 1. The van der Waals surface area contributed by atoms with E-state index in [2.05, 4.69) is 6.58 Å². The molecule has 1 heterocycles. The molecule has 5 heteroatoms. The van der Waals surface area contributed by atoms with E-state index in [-0.39, 0.29) is 28.8 Å². The predicted octanol–water partition coefficient (Wildman–Crippen LogP) is 1.63. The van der Waals surface area contributed by atoms with Crippen LogP contribution in [0.5, 0.6) is 5.75 Å². The summed E-state index contributed by atoms with van der Waals surface area (Å²) in [6.45, 7) is 4.05. The molecule has 2 N–H and O–H groups in total. The molecule has 2 rings (SSSR count). The lowest BCUT2D eigenvalue weighted by molar-refractivity contribution is -0.117. The number of carboxylic acid groups (broad SMARTS) is 1. The summed E-state index contributed by atoms with van der Waals surface area (Å²) in [5, 5.41) is 18.6. The molecule has 1 aliphatic rings. The van der Waals surface area contributed by atoms with Gasteiger partial charge < -0.3 is 15.1 Å². The summed E-state index contributed by atoms with van der Waals surface area (Å²) in [6.07, 6.45) is 2.02. The molecule has 0 spiro atoms. The number of anilines is 1. The first-order valence-corrected chi connectivity index (χ1v) is 5.52. The van der Waals surface area contributed by atoms with Crippen molar-refractivity contribution in [1.82, 2.24) is 0 Å². The normalized spacial score (nSPS) is 19.0. The fourth-order valence-corrected chi connectivity index (χ4v) is 2.00. The van der Waals surface area contributed by atoms with Crippen molar-refractivity contribution >= 4 is 17.6 Å². The average Bonchev–Trinajstić information content (AvgIpc) is 2.71. The minimum atomic E-state index is -1.09. The minimum absolute atomic E-state index is 0.0328. The molecular weight excluding hydrogens is 234 g/mol. The number of hydrogen-bond donors (Lipinski definition) is 2. The predicted molar refractivity (Wildman–Crippen MR) is 65.7 cm³/mol. The second kappa shape index (κ2) is 4.52. The largest absolute Gasteiger partial charge is 0.506 e. The van der Waals surface area contributed by atoms with Gasteiger partial charge in [-0.25, -0.2) is 4.79 Å². The second-order valence-corrected chi connectivity index (χ2v) is 4.21. The number of rotatable bonds is 3. The number of carbonyl (C=O) groups is 2. The first-order valence-electron chi connectivity index (χ1n) is 5.52. The smallest absolute Gasteiger partial charge is 0.335 e. The lowest BCUT2D eigenvalue weighted by Gasteiger charge is -2.18. The Kier molecular flexibility index (Phi) is 3.06. The van der Waals surface area contributed by atoms with Gasteiger partial charge in [0.1, 0.15) is 5.75 Å². The Labute approximate surface area is 104 Å². The van der Waals surface area contributed by atoms with Gasteiger partial charge in [-0.05, 0) is 18.2 Å². The van der Waals surface area contributed by atoms with Gasteiger partial charge in [0, 0.05) is 18.9 Å². The summed E-state index contributed by atoms with van der Waals surface area (Å²) >= 11 is 0. The number of carbonyl (C=O) groups excluding carboxylic acids is 1. The van der Waals surface area contributed by atoms with E-state index in [1.807, 2.05) is 0 Å². The molecule has 1 atom stereocenters. The van der Waals surface area contributed by atoms with Gasteiger partial charge in [-0.3, -0.25) is 4.79 Å². The summed E-state index contributed by atoms with van der Waals surface area (Å²) in [7, 11) is 0. The van der Waals surface area contributed by atoms with Gasteiger partial charge >= 0.3 is 5.97 Å². The van der Waals surface area contributed by atoms with Crippen LogP contribution in [0.4, 0.5) is 5.69 Å². The molecule has 5 nitrogen and oxygen atoms in total. The molecule has 1 amide bonds. The van der Waals surface area contributed by atoms with E-state index in [0.29, 0.717) is 13.0 Å². The molecule has 1 aliphatic heterocycles. The number of benzene rings is 1. The van der Waals surface area contributed by atoms with Crippen molar-refractivity contribution < 1.29 is 19.8 Å². The lowest BCUT2D eigenvalue weighted by Crippen LogP contribution is -2.24. The molecule has 1 saturated heterocycles. The first kappa shape index (κ1) is 12.2. The number of nitrogens with zero attached hydrogens (tertiary/aromatic N) is 1. The van der Waals surface area contributed by atoms with Gasteiger partial charge in [0.2, 0.25) is 5.91 Å². The van der Waals surface area contributed by atoms with Gasteiger partial charge in [-0.1, -0.05) is 6.08 Å². The fourth-order valence-electron chi connectivity index (χ4n) is 2.00. The van der Waals surface area contributed by atoms with Crippen LogP contribution in [-0.2, 0) is 4.79 Å². The Balaban J connectivity index is 2.38. The number of phenols is 1. The van der Waals surface area contributed by atoms with Crippen molar-refractivity contribution in [2.24, 2.45) is 5.92 Å². The van der Waals surface area contributed by atoms with Crippen molar-refractivity contribution in [3.05, 3.63) is 36.4 Å². The van der Waals surface area contributed by atoms with Crippen molar-refractivity contribution in [3.63, 3.8) is 0 Å². The van der Waals surface area contributed by atoms with Gasteiger partial charge in [0.15, 0.2) is 0 Å². The second-order valence-electron chi connectivity index (χ2n) is 4.21. The van der Waals surface area contributed by atoms with E-state index < -0.39 is 5.97 Å². The first-order chi connectivity index (χ1) is 8.52. The van der Waals surface area contributed by atoms with E-state index in [4.69, 9.17) is 5.11 Å². The molecule has 1 aromatic carbocycles. The number of aromatic carboxylic acids is 1. The fraction of sp³-hybridized carbons (Fsp3) is 0.231. The standard InChI is InChI=1S/C13H13NO4/c1-2-8-5-12(16)14(7-8)10-6-9(13(17)18)3-4-11(10)15/h2-4,6,8,15H,1,5,7H2,(H,17,18).